The highest BCUT2D eigenvalue weighted by Gasteiger charge is 2.56. The molecule has 12 heavy (non-hydrogen) atoms. The van der Waals surface area contributed by atoms with Gasteiger partial charge in [0, 0.05) is 0 Å². The van der Waals surface area contributed by atoms with Crippen molar-refractivity contribution in [2.24, 2.45) is 0 Å². The van der Waals surface area contributed by atoms with Gasteiger partial charge in [0.25, 0.3) is 0 Å². The third-order valence-electron chi connectivity index (χ3n) is 1.90. The average molecular weight is 174 g/mol. The summed E-state index contributed by atoms with van der Waals surface area (Å²) in [5, 5.41) is 17.9. The summed E-state index contributed by atoms with van der Waals surface area (Å²) in [6, 6.07) is 0. The van der Waals surface area contributed by atoms with E-state index in [-0.39, 0.29) is 0 Å². The molecular weight excluding hydrogens is 168 g/mol. The van der Waals surface area contributed by atoms with Crippen molar-refractivity contribution in [3.05, 3.63) is 0 Å². The number of ether oxygens (including phenoxy) is 2. The van der Waals surface area contributed by atoms with Gasteiger partial charge >= 0.3 is 5.97 Å². The number of rotatable bonds is 0. The second-order valence-corrected chi connectivity index (χ2v) is 2.66. The summed E-state index contributed by atoms with van der Waals surface area (Å²) in [6.45, 7) is 0. The molecule has 6 heteroatoms. The van der Waals surface area contributed by atoms with Gasteiger partial charge in [-0.25, -0.2) is 4.79 Å². The van der Waals surface area contributed by atoms with Crippen molar-refractivity contribution >= 4 is 11.8 Å². The van der Waals surface area contributed by atoms with Crippen LogP contribution in [0.25, 0.3) is 0 Å². The lowest BCUT2D eigenvalue weighted by Crippen LogP contribution is -2.30. The summed E-state index contributed by atoms with van der Waals surface area (Å²) in [4.78, 5) is 21.6. The molecule has 2 aliphatic rings. The number of carbonyl (C=O) groups excluding carboxylic acids is 2. The van der Waals surface area contributed by atoms with E-state index in [9.17, 15) is 9.59 Å². The van der Waals surface area contributed by atoms with Crippen LogP contribution in [-0.4, -0.2) is 46.6 Å². The highest BCUT2D eigenvalue weighted by molar-refractivity contribution is 5.94. The van der Waals surface area contributed by atoms with Crippen LogP contribution in [0.15, 0.2) is 0 Å². The lowest BCUT2D eigenvalue weighted by Gasteiger charge is -2.05. The third-order valence-corrected chi connectivity index (χ3v) is 1.90. The van der Waals surface area contributed by atoms with Crippen molar-refractivity contribution in [2.45, 2.75) is 24.6 Å². The van der Waals surface area contributed by atoms with E-state index >= 15 is 0 Å². The Balaban J connectivity index is 2.25. The predicted octanol–water partition coefficient (Wildman–Crippen LogP) is -2.44. The number of hydrogen-bond donors (Lipinski definition) is 2. The number of aliphatic hydroxyl groups excluding tert-OH is 2. The summed E-state index contributed by atoms with van der Waals surface area (Å²) >= 11 is 0. The van der Waals surface area contributed by atoms with Crippen molar-refractivity contribution in [2.75, 3.05) is 0 Å². The molecule has 0 aliphatic carbocycles. The maximum Gasteiger partial charge on any atom is 0.338 e. The number of hydrogen-bond acceptors (Lipinski definition) is 6. The van der Waals surface area contributed by atoms with E-state index in [1.54, 1.807) is 0 Å². The lowest BCUT2D eigenvalue weighted by atomic mass is 10.1. The largest absolute Gasteiger partial charge is 0.449 e. The molecule has 2 saturated heterocycles. The Morgan fingerprint density at radius 3 is 2.50 bits per heavy atom. The molecule has 0 amide bonds. The van der Waals surface area contributed by atoms with Crippen molar-refractivity contribution < 1.29 is 29.3 Å². The highest BCUT2D eigenvalue weighted by Crippen LogP contribution is 2.27. The molecule has 0 spiro atoms. The molecule has 6 nitrogen and oxygen atoms in total. The second kappa shape index (κ2) is 2.25. The minimum absolute atomic E-state index is 0.718. The van der Waals surface area contributed by atoms with Crippen molar-refractivity contribution in [1.82, 2.24) is 0 Å². The van der Waals surface area contributed by atoms with Gasteiger partial charge in [0.15, 0.2) is 12.2 Å². The molecule has 2 aliphatic heterocycles. The molecule has 2 heterocycles. The van der Waals surface area contributed by atoms with E-state index in [1.807, 2.05) is 0 Å². The fourth-order valence-electron chi connectivity index (χ4n) is 1.28. The molecule has 0 saturated carbocycles. The molecule has 2 N–H and O–H groups in total. The van der Waals surface area contributed by atoms with E-state index in [0.29, 0.717) is 0 Å². The van der Waals surface area contributed by atoms with Gasteiger partial charge in [0.1, 0.15) is 6.10 Å². The van der Waals surface area contributed by atoms with Gasteiger partial charge in [-0.2, -0.15) is 0 Å². The summed E-state index contributed by atoms with van der Waals surface area (Å²) in [7, 11) is 0. The first kappa shape index (κ1) is 7.66. The Morgan fingerprint density at radius 1 is 1.25 bits per heavy atom. The minimum Gasteiger partial charge on any atom is -0.449 e. The van der Waals surface area contributed by atoms with Crippen LogP contribution >= 0.6 is 0 Å². The Kier molecular flexibility index (Phi) is 1.44. The molecule has 2 fully saturated rings. The number of carbonyl (C=O) groups is 2. The Morgan fingerprint density at radius 2 is 1.92 bits per heavy atom. The van der Waals surface area contributed by atoms with Crippen LogP contribution in [0.3, 0.4) is 0 Å². The van der Waals surface area contributed by atoms with E-state index in [4.69, 9.17) is 10.2 Å². The normalized spacial score (nSPS) is 46.2. The minimum atomic E-state index is -1.58. The van der Waals surface area contributed by atoms with Crippen molar-refractivity contribution in [3.63, 3.8) is 0 Å². The molecule has 0 radical (unpaired) electrons. The summed E-state index contributed by atoms with van der Waals surface area (Å²) in [5.74, 6) is -1.60. The maximum absolute atomic E-state index is 10.9. The van der Waals surface area contributed by atoms with Gasteiger partial charge in [-0.3, -0.25) is 4.79 Å². The number of esters is 1. The molecule has 4 atom stereocenters. The van der Waals surface area contributed by atoms with Crippen LogP contribution in [0, 0.1) is 0 Å². The van der Waals surface area contributed by atoms with E-state index in [2.05, 4.69) is 9.47 Å². The number of ketones is 1. The summed E-state index contributed by atoms with van der Waals surface area (Å²) in [6.07, 6.45) is -5.22. The Hall–Kier alpha value is -0.980. The molecule has 0 aromatic rings. The summed E-state index contributed by atoms with van der Waals surface area (Å²) in [5.41, 5.74) is 0. The van der Waals surface area contributed by atoms with E-state index < -0.39 is 36.4 Å². The third kappa shape index (κ3) is 0.795. The first-order valence-corrected chi connectivity index (χ1v) is 3.37. The van der Waals surface area contributed by atoms with Gasteiger partial charge in [0.2, 0.25) is 12.1 Å². The molecule has 66 valence electrons. The highest BCUT2D eigenvalue weighted by atomic mass is 16.7. The number of aliphatic hydroxyl groups is 2. The first-order chi connectivity index (χ1) is 5.61. The molecule has 4 unspecified atom stereocenters. The molecule has 2 rings (SSSR count). The first-order valence-electron chi connectivity index (χ1n) is 3.37. The summed E-state index contributed by atoms with van der Waals surface area (Å²) < 4.78 is 9.05. The van der Waals surface area contributed by atoms with Crippen molar-refractivity contribution in [3.8, 4) is 0 Å². The number of fused-ring (bicyclic) bond motifs is 1. The topological polar surface area (TPSA) is 93.1 Å². The van der Waals surface area contributed by atoms with E-state index in [0.717, 1.165) is 0 Å². The smallest absolute Gasteiger partial charge is 0.338 e. The van der Waals surface area contributed by atoms with Crippen LogP contribution in [0.2, 0.25) is 0 Å². The SMILES string of the molecule is O=C1OC2C(=O)C(O)OC2C1O. The van der Waals surface area contributed by atoms with Gasteiger partial charge in [-0.15, -0.1) is 0 Å². The van der Waals surface area contributed by atoms with Crippen LogP contribution in [0.5, 0.6) is 0 Å². The molecule has 0 bridgehead atoms. The van der Waals surface area contributed by atoms with Gasteiger partial charge in [-0.1, -0.05) is 0 Å². The second-order valence-electron chi connectivity index (χ2n) is 2.66. The van der Waals surface area contributed by atoms with Crippen LogP contribution < -0.4 is 0 Å². The fraction of sp³-hybridized carbons (Fsp3) is 0.667. The lowest BCUT2D eigenvalue weighted by molar-refractivity contribution is -0.162. The van der Waals surface area contributed by atoms with Crippen LogP contribution in [0.1, 0.15) is 0 Å². The fourth-order valence-corrected chi connectivity index (χ4v) is 1.28. The zero-order valence-electron chi connectivity index (χ0n) is 5.84. The van der Waals surface area contributed by atoms with Gasteiger partial charge in [-0.05, 0) is 0 Å². The average Bonchev–Trinajstić information content (AvgIpc) is 2.43. The quantitative estimate of drug-likeness (QED) is 0.396. The Bertz CT molecular complexity index is 248. The Labute approximate surface area is 66.7 Å². The molecular formula is C6H6O6. The molecule has 0 aromatic carbocycles. The van der Waals surface area contributed by atoms with Gasteiger partial charge < -0.3 is 19.7 Å². The zero-order valence-corrected chi connectivity index (χ0v) is 5.84. The van der Waals surface area contributed by atoms with Gasteiger partial charge in [0.05, 0.1) is 0 Å². The molecule has 0 aromatic heterocycles. The monoisotopic (exact) mass is 174 g/mol. The van der Waals surface area contributed by atoms with Crippen molar-refractivity contribution in [1.29, 1.82) is 0 Å². The van der Waals surface area contributed by atoms with Crippen LogP contribution in [0.4, 0.5) is 0 Å². The predicted molar refractivity (Wildman–Crippen MR) is 31.8 cm³/mol. The van der Waals surface area contributed by atoms with Crippen LogP contribution in [-0.2, 0) is 19.1 Å². The standard InChI is InChI=1S/C6H6O6/c7-1-3-4(12-5(1)9)2(8)6(10)11-3/h1,3-4,6-7,10H. The number of Topliss-reactive ketones (excluding diaryl/α,β-unsaturated/α-hetero) is 1. The zero-order chi connectivity index (χ0) is 8.88. The van der Waals surface area contributed by atoms with E-state index in [1.165, 1.54) is 0 Å². The maximum atomic E-state index is 10.9.